The van der Waals surface area contributed by atoms with Crippen molar-refractivity contribution >= 4 is 28.7 Å². The molecule has 0 amide bonds. The highest BCUT2D eigenvalue weighted by Gasteiger charge is 2.33. The predicted octanol–water partition coefficient (Wildman–Crippen LogP) is 3.23. The molecule has 0 radical (unpaired) electrons. The molecule has 0 aliphatic carbocycles. The van der Waals surface area contributed by atoms with Crippen molar-refractivity contribution in [2.75, 3.05) is 13.2 Å². The van der Waals surface area contributed by atoms with Crippen LogP contribution >= 0.6 is 22.6 Å². The van der Waals surface area contributed by atoms with Gasteiger partial charge in [-0.3, -0.25) is 0 Å². The van der Waals surface area contributed by atoms with E-state index in [1.165, 1.54) is 14.7 Å². The Balaban J connectivity index is 1.67. The Morgan fingerprint density at radius 2 is 2.26 bits per heavy atom. The van der Waals surface area contributed by atoms with E-state index in [9.17, 15) is 0 Å². The van der Waals surface area contributed by atoms with Gasteiger partial charge in [0.2, 0.25) is 0 Å². The van der Waals surface area contributed by atoms with Crippen LogP contribution in [0, 0.1) is 3.57 Å². The van der Waals surface area contributed by atoms with Crippen LogP contribution in [0.3, 0.4) is 0 Å². The van der Waals surface area contributed by atoms with Gasteiger partial charge in [0.05, 0.1) is 6.61 Å². The van der Waals surface area contributed by atoms with Crippen molar-refractivity contribution < 1.29 is 9.47 Å². The number of ether oxygens (including phenoxy) is 2. The highest BCUT2D eigenvalue weighted by Crippen LogP contribution is 2.27. The molecule has 3 nitrogen and oxygen atoms in total. The molecule has 1 aromatic carbocycles. The van der Waals surface area contributed by atoms with Crippen LogP contribution in [0.1, 0.15) is 25.0 Å². The van der Waals surface area contributed by atoms with E-state index in [2.05, 4.69) is 58.0 Å². The molecule has 0 spiro atoms. The lowest BCUT2D eigenvalue weighted by Crippen LogP contribution is -2.32. The minimum absolute atomic E-state index is 0.156. The fourth-order valence-electron chi connectivity index (χ4n) is 2.60. The molecule has 1 unspecified atom stereocenters. The molecule has 0 bridgehead atoms. The van der Waals surface area contributed by atoms with Crippen molar-refractivity contribution in [3.8, 4) is 0 Å². The number of halogens is 1. The van der Waals surface area contributed by atoms with Crippen molar-refractivity contribution in [2.45, 2.75) is 32.3 Å². The van der Waals surface area contributed by atoms with E-state index in [1.807, 2.05) is 13.8 Å². The Labute approximate surface area is 127 Å². The maximum absolute atomic E-state index is 5.86. The van der Waals surface area contributed by atoms with Crippen molar-refractivity contribution in [1.29, 1.82) is 0 Å². The Kier molecular flexibility index (Phi) is 3.57. The maximum atomic E-state index is 5.86. The van der Waals surface area contributed by atoms with Crippen molar-refractivity contribution in [3.63, 3.8) is 0 Å². The summed E-state index contributed by atoms with van der Waals surface area (Å²) in [6.45, 7) is 6.44. The fourth-order valence-corrected chi connectivity index (χ4v) is 3.33. The monoisotopic (exact) mass is 371 g/mol. The summed E-state index contributed by atoms with van der Waals surface area (Å²) in [7, 11) is 0. The topological polar surface area (TPSA) is 21.7 Å². The molecule has 1 fully saturated rings. The van der Waals surface area contributed by atoms with Crippen LogP contribution in [0.4, 0.5) is 0 Å². The van der Waals surface area contributed by atoms with Gasteiger partial charge in [-0.15, -0.1) is 0 Å². The SMILES string of the molecule is CC1(C)OCC(CN2C=Cc3c(I)cccc3C2)O1. The van der Waals surface area contributed by atoms with Crippen LogP contribution in [0.2, 0.25) is 0 Å². The molecule has 2 aliphatic heterocycles. The van der Waals surface area contributed by atoms with Crippen molar-refractivity contribution in [2.24, 2.45) is 0 Å². The average molecular weight is 371 g/mol. The molecule has 19 heavy (non-hydrogen) atoms. The number of hydrogen-bond donors (Lipinski definition) is 0. The van der Waals surface area contributed by atoms with Crippen molar-refractivity contribution in [3.05, 3.63) is 39.1 Å². The van der Waals surface area contributed by atoms with E-state index in [-0.39, 0.29) is 6.10 Å². The summed E-state index contributed by atoms with van der Waals surface area (Å²) >= 11 is 2.39. The molecular formula is C15H18INO2. The van der Waals surface area contributed by atoms with Gasteiger partial charge in [0.25, 0.3) is 0 Å². The van der Waals surface area contributed by atoms with E-state index in [0.29, 0.717) is 6.61 Å². The second kappa shape index (κ2) is 5.07. The van der Waals surface area contributed by atoms with Crippen LogP contribution in [0.25, 0.3) is 6.08 Å². The fraction of sp³-hybridized carbons (Fsp3) is 0.467. The second-order valence-corrected chi connectivity index (χ2v) is 6.67. The Morgan fingerprint density at radius 3 is 3.00 bits per heavy atom. The number of fused-ring (bicyclic) bond motifs is 1. The lowest BCUT2D eigenvalue weighted by molar-refractivity contribution is -0.139. The molecule has 2 aliphatic rings. The van der Waals surface area contributed by atoms with Gasteiger partial charge in [-0.25, -0.2) is 0 Å². The summed E-state index contributed by atoms with van der Waals surface area (Å²) in [5.74, 6) is -0.433. The molecule has 2 heterocycles. The normalized spacial score (nSPS) is 24.6. The van der Waals surface area contributed by atoms with E-state index >= 15 is 0 Å². The molecule has 1 aromatic rings. The zero-order chi connectivity index (χ0) is 13.5. The summed E-state index contributed by atoms with van der Waals surface area (Å²) in [5, 5.41) is 0. The molecule has 0 saturated carbocycles. The van der Waals surface area contributed by atoms with Crippen LogP contribution < -0.4 is 0 Å². The molecule has 3 rings (SSSR count). The third kappa shape index (κ3) is 2.95. The van der Waals surface area contributed by atoms with E-state index in [0.717, 1.165) is 13.1 Å². The minimum Gasteiger partial charge on any atom is -0.370 e. The lowest BCUT2D eigenvalue weighted by atomic mass is 10.0. The molecule has 0 N–H and O–H groups in total. The molecule has 102 valence electrons. The van der Waals surface area contributed by atoms with Gasteiger partial charge in [-0.05, 0) is 59.7 Å². The van der Waals surface area contributed by atoms with Crippen LogP contribution in [0.5, 0.6) is 0 Å². The third-order valence-corrected chi connectivity index (χ3v) is 4.41. The first-order valence-electron chi connectivity index (χ1n) is 6.55. The zero-order valence-electron chi connectivity index (χ0n) is 11.2. The third-order valence-electron chi connectivity index (χ3n) is 3.47. The molecular weight excluding hydrogens is 353 g/mol. The average Bonchev–Trinajstić information content (AvgIpc) is 2.69. The zero-order valence-corrected chi connectivity index (χ0v) is 13.4. The van der Waals surface area contributed by atoms with Gasteiger partial charge in [0.15, 0.2) is 5.79 Å². The Morgan fingerprint density at radius 1 is 1.42 bits per heavy atom. The minimum atomic E-state index is -0.433. The molecule has 1 atom stereocenters. The van der Waals surface area contributed by atoms with Gasteiger partial charge in [0.1, 0.15) is 6.10 Å². The first-order valence-corrected chi connectivity index (χ1v) is 7.63. The molecule has 1 saturated heterocycles. The standard InChI is InChI=1S/C15H18INO2/c1-15(2)18-10-12(19-15)9-17-7-6-13-11(8-17)4-3-5-14(13)16/h3-7,12H,8-10H2,1-2H3. The van der Waals surface area contributed by atoms with Crippen molar-refractivity contribution in [1.82, 2.24) is 4.90 Å². The smallest absolute Gasteiger partial charge is 0.163 e. The van der Waals surface area contributed by atoms with E-state index < -0.39 is 5.79 Å². The number of hydrogen-bond acceptors (Lipinski definition) is 3. The Bertz CT molecular complexity index is 513. The number of rotatable bonds is 2. The highest BCUT2D eigenvalue weighted by atomic mass is 127. The van der Waals surface area contributed by atoms with Gasteiger partial charge < -0.3 is 14.4 Å². The quantitative estimate of drug-likeness (QED) is 0.746. The molecule has 4 heteroatoms. The van der Waals surface area contributed by atoms with Crippen LogP contribution in [0.15, 0.2) is 24.4 Å². The summed E-state index contributed by atoms with van der Waals surface area (Å²) in [6, 6.07) is 6.47. The summed E-state index contributed by atoms with van der Waals surface area (Å²) < 4.78 is 12.8. The summed E-state index contributed by atoms with van der Waals surface area (Å²) in [6.07, 6.45) is 4.52. The highest BCUT2D eigenvalue weighted by molar-refractivity contribution is 14.1. The Hall–Kier alpha value is -0.590. The first kappa shape index (κ1) is 13.4. The predicted molar refractivity (Wildman–Crippen MR) is 83.5 cm³/mol. The number of benzene rings is 1. The maximum Gasteiger partial charge on any atom is 0.163 e. The molecule has 0 aromatic heterocycles. The second-order valence-electron chi connectivity index (χ2n) is 5.51. The van der Waals surface area contributed by atoms with Gasteiger partial charge in [0, 0.05) is 22.9 Å². The van der Waals surface area contributed by atoms with Crippen LogP contribution in [-0.2, 0) is 16.0 Å². The van der Waals surface area contributed by atoms with Gasteiger partial charge in [-0.1, -0.05) is 12.1 Å². The summed E-state index contributed by atoms with van der Waals surface area (Å²) in [4.78, 5) is 2.30. The van der Waals surface area contributed by atoms with Gasteiger partial charge >= 0.3 is 0 Å². The van der Waals surface area contributed by atoms with E-state index in [4.69, 9.17) is 9.47 Å². The van der Waals surface area contributed by atoms with E-state index in [1.54, 1.807) is 0 Å². The van der Waals surface area contributed by atoms with Crippen LogP contribution in [-0.4, -0.2) is 29.9 Å². The summed E-state index contributed by atoms with van der Waals surface area (Å²) in [5.41, 5.74) is 2.73. The first-order chi connectivity index (χ1) is 9.03. The van der Waals surface area contributed by atoms with Gasteiger partial charge in [-0.2, -0.15) is 0 Å². The largest absolute Gasteiger partial charge is 0.370 e. The lowest BCUT2D eigenvalue weighted by Gasteiger charge is -2.28. The number of nitrogens with zero attached hydrogens (tertiary/aromatic N) is 1.